The topological polar surface area (TPSA) is 92.2 Å². The Morgan fingerprint density at radius 3 is 2.47 bits per heavy atom. The van der Waals surface area contributed by atoms with Crippen molar-refractivity contribution in [1.82, 2.24) is 14.8 Å². The van der Waals surface area contributed by atoms with Crippen molar-refractivity contribution in [3.05, 3.63) is 50.7 Å². The molecule has 1 aliphatic heterocycles. The summed E-state index contributed by atoms with van der Waals surface area (Å²) < 4.78 is 11.0. The van der Waals surface area contributed by atoms with Crippen LogP contribution in [-0.4, -0.2) is 72.0 Å². The summed E-state index contributed by atoms with van der Waals surface area (Å²) >= 11 is 1.26. The van der Waals surface area contributed by atoms with Crippen LogP contribution in [-0.2, 0) is 4.79 Å². The average Bonchev–Trinajstić information content (AvgIpc) is 3.30. The number of hydrogen-bond acceptors (Lipinski definition) is 8. The maximum atomic E-state index is 13.7. The largest absolute Gasteiger partial charge is 0.503 e. The Bertz CT molecular complexity index is 1090. The lowest BCUT2D eigenvalue weighted by Gasteiger charge is -2.29. The maximum absolute atomic E-state index is 13.7. The van der Waals surface area contributed by atoms with E-state index in [1.54, 1.807) is 37.1 Å². The molecule has 1 amide bonds. The summed E-state index contributed by atoms with van der Waals surface area (Å²) in [5.41, 5.74) is 1.21. The van der Waals surface area contributed by atoms with E-state index in [-0.39, 0.29) is 5.57 Å². The number of aliphatic hydroxyl groups is 1. The van der Waals surface area contributed by atoms with Crippen LogP contribution in [0.15, 0.2) is 29.5 Å². The Balaban J connectivity index is 2.09. The zero-order chi connectivity index (χ0) is 25.0. The molecule has 0 spiro atoms. The third-order valence-corrected chi connectivity index (χ3v) is 7.23. The van der Waals surface area contributed by atoms with Crippen LogP contribution in [0.3, 0.4) is 0 Å². The Hall–Kier alpha value is -2.91. The molecule has 0 fully saturated rings. The highest BCUT2D eigenvalue weighted by Gasteiger charge is 2.45. The van der Waals surface area contributed by atoms with Gasteiger partial charge in [-0.3, -0.25) is 9.59 Å². The molecule has 3 rings (SSSR count). The Labute approximate surface area is 204 Å². The van der Waals surface area contributed by atoms with Crippen molar-refractivity contribution in [1.29, 1.82) is 0 Å². The molecule has 0 aliphatic carbocycles. The number of nitrogens with zero attached hydrogens (tertiary/aromatic N) is 3. The van der Waals surface area contributed by atoms with Crippen molar-refractivity contribution in [2.45, 2.75) is 40.2 Å². The van der Waals surface area contributed by atoms with Gasteiger partial charge in [0.15, 0.2) is 5.76 Å². The number of aryl methyl sites for hydroxylation is 2. The number of amides is 1. The molecule has 1 aromatic heterocycles. The van der Waals surface area contributed by atoms with Crippen molar-refractivity contribution in [3.63, 3.8) is 0 Å². The van der Waals surface area contributed by atoms with Crippen LogP contribution in [0.4, 0.5) is 0 Å². The molecule has 2 aromatic rings. The van der Waals surface area contributed by atoms with Crippen LogP contribution in [0.2, 0.25) is 0 Å². The van der Waals surface area contributed by atoms with Crippen molar-refractivity contribution in [2.75, 3.05) is 40.4 Å². The normalized spacial score (nSPS) is 16.0. The minimum absolute atomic E-state index is 0.0474. The highest BCUT2D eigenvalue weighted by Crippen LogP contribution is 2.44. The Kier molecular flexibility index (Phi) is 8.33. The molecule has 2 heterocycles. The number of ether oxygens (including phenoxy) is 2. The molecular formula is C25H33N3O5S. The van der Waals surface area contributed by atoms with Gasteiger partial charge in [0.2, 0.25) is 5.78 Å². The first-order chi connectivity index (χ1) is 16.3. The fourth-order valence-electron chi connectivity index (χ4n) is 4.36. The molecule has 8 nitrogen and oxygen atoms in total. The van der Waals surface area contributed by atoms with Crippen LogP contribution in [0, 0.1) is 13.8 Å². The van der Waals surface area contributed by atoms with Gasteiger partial charge in [-0.15, -0.1) is 11.3 Å². The molecule has 0 bridgehead atoms. The molecule has 34 heavy (non-hydrogen) atoms. The van der Waals surface area contributed by atoms with Gasteiger partial charge < -0.3 is 24.4 Å². The van der Waals surface area contributed by atoms with Crippen LogP contribution >= 0.6 is 11.3 Å². The fraction of sp³-hybridized carbons (Fsp3) is 0.480. The summed E-state index contributed by atoms with van der Waals surface area (Å²) in [6.07, 6.45) is 0.698. The molecule has 9 heteroatoms. The van der Waals surface area contributed by atoms with Gasteiger partial charge in [0, 0.05) is 12.1 Å². The summed E-state index contributed by atoms with van der Waals surface area (Å²) in [5.74, 6) is -0.404. The van der Waals surface area contributed by atoms with Gasteiger partial charge in [-0.1, -0.05) is 13.8 Å². The lowest BCUT2D eigenvalue weighted by atomic mass is 9.94. The molecule has 184 valence electrons. The van der Waals surface area contributed by atoms with Crippen molar-refractivity contribution >= 4 is 23.0 Å². The summed E-state index contributed by atoms with van der Waals surface area (Å²) in [4.78, 5) is 35.6. The van der Waals surface area contributed by atoms with Gasteiger partial charge in [-0.2, -0.15) is 0 Å². The number of ketones is 1. The highest BCUT2D eigenvalue weighted by molar-refractivity contribution is 7.14. The molecular weight excluding hydrogens is 454 g/mol. The lowest BCUT2D eigenvalue weighted by molar-refractivity contribution is -0.129. The first-order valence-corrected chi connectivity index (χ1v) is 12.3. The number of benzene rings is 1. The second-order valence-electron chi connectivity index (χ2n) is 8.13. The zero-order valence-corrected chi connectivity index (χ0v) is 21.5. The van der Waals surface area contributed by atoms with Crippen LogP contribution in [0.1, 0.15) is 52.2 Å². The van der Waals surface area contributed by atoms with Crippen LogP contribution in [0.5, 0.6) is 11.5 Å². The number of methoxy groups -OCH3 is 2. The van der Waals surface area contributed by atoms with E-state index < -0.39 is 23.5 Å². The number of aliphatic hydroxyl groups excluding tert-OH is 1. The fourth-order valence-corrected chi connectivity index (χ4v) is 5.24. The number of rotatable bonds is 11. The van der Waals surface area contributed by atoms with Gasteiger partial charge in [0.1, 0.15) is 11.5 Å². The number of carbonyl (C=O) groups excluding carboxylic acids is 2. The monoisotopic (exact) mass is 487 g/mol. The minimum atomic E-state index is -0.802. The molecule has 1 aliphatic rings. The molecule has 1 N–H and O–H groups in total. The lowest BCUT2D eigenvalue weighted by Crippen LogP contribution is -2.34. The predicted molar refractivity (Wildman–Crippen MR) is 132 cm³/mol. The van der Waals surface area contributed by atoms with Crippen molar-refractivity contribution in [2.24, 2.45) is 0 Å². The smallest absolute Gasteiger partial charge is 0.290 e. The number of carbonyl (C=O) groups is 2. The van der Waals surface area contributed by atoms with Crippen molar-refractivity contribution in [3.8, 4) is 11.5 Å². The van der Waals surface area contributed by atoms with E-state index >= 15 is 0 Å². The van der Waals surface area contributed by atoms with E-state index in [4.69, 9.17) is 9.47 Å². The van der Waals surface area contributed by atoms with Gasteiger partial charge in [-0.25, -0.2) is 4.98 Å². The van der Waals surface area contributed by atoms with Gasteiger partial charge in [0.25, 0.3) is 5.91 Å². The van der Waals surface area contributed by atoms with E-state index in [2.05, 4.69) is 23.7 Å². The summed E-state index contributed by atoms with van der Waals surface area (Å²) in [6, 6.07) is 4.45. The summed E-state index contributed by atoms with van der Waals surface area (Å²) in [6.45, 7) is 10.8. The van der Waals surface area contributed by atoms with Gasteiger partial charge in [0.05, 0.1) is 41.4 Å². The van der Waals surface area contributed by atoms with E-state index in [1.165, 1.54) is 18.4 Å². The summed E-state index contributed by atoms with van der Waals surface area (Å²) in [5, 5.41) is 11.7. The minimum Gasteiger partial charge on any atom is -0.503 e. The third-order valence-electron chi connectivity index (χ3n) is 6.16. The van der Waals surface area contributed by atoms with E-state index in [1.807, 2.05) is 6.92 Å². The predicted octanol–water partition coefficient (Wildman–Crippen LogP) is 4.09. The molecule has 1 atom stereocenters. The van der Waals surface area contributed by atoms with Gasteiger partial charge in [-0.05, 0) is 58.1 Å². The van der Waals surface area contributed by atoms with Crippen molar-refractivity contribution < 1.29 is 24.2 Å². The molecule has 0 saturated heterocycles. The first kappa shape index (κ1) is 25.7. The third kappa shape index (κ3) is 4.95. The molecule has 0 unspecified atom stereocenters. The number of thiazole rings is 1. The second kappa shape index (κ2) is 11.0. The number of aromatic nitrogens is 1. The summed E-state index contributed by atoms with van der Waals surface area (Å²) in [7, 11) is 3.09. The number of hydrogen-bond donors (Lipinski definition) is 1. The van der Waals surface area contributed by atoms with Crippen LogP contribution in [0.25, 0.3) is 0 Å². The van der Waals surface area contributed by atoms with E-state index in [0.29, 0.717) is 40.6 Å². The Morgan fingerprint density at radius 1 is 1.21 bits per heavy atom. The molecule has 0 radical (unpaired) electrons. The second-order valence-corrected chi connectivity index (χ2v) is 9.33. The van der Waals surface area contributed by atoms with E-state index in [9.17, 15) is 14.7 Å². The Morgan fingerprint density at radius 2 is 1.91 bits per heavy atom. The standard InChI is InChI=1S/C25H33N3O5S/c1-7-27(8-2)12-9-13-28-21(18-14-17(32-5)10-11-19(18)33-6)20(23(30)25(28)31)22(29)24-15(3)26-16(4)34-24/h10-11,14,21,30H,7-9,12-13H2,1-6H3/t21-/m1/s1. The first-order valence-electron chi connectivity index (χ1n) is 11.4. The quantitative estimate of drug-likeness (QED) is 0.477. The zero-order valence-electron chi connectivity index (χ0n) is 20.7. The number of Topliss-reactive ketones (excluding diaryl/α,β-unsaturated/α-hetero) is 1. The van der Waals surface area contributed by atoms with Crippen LogP contribution < -0.4 is 9.47 Å². The van der Waals surface area contributed by atoms with Gasteiger partial charge >= 0.3 is 0 Å². The molecule has 0 saturated carbocycles. The maximum Gasteiger partial charge on any atom is 0.290 e. The SMILES string of the molecule is CCN(CC)CCCN1C(=O)C(O)=C(C(=O)c2sc(C)nc2C)[C@H]1c1cc(OC)ccc1OC. The van der Waals surface area contributed by atoms with E-state index in [0.717, 1.165) is 24.6 Å². The molecule has 1 aromatic carbocycles. The average molecular weight is 488 g/mol. The highest BCUT2D eigenvalue weighted by atomic mass is 32.1.